The number of nitrogens with zero attached hydrogens (tertiary/aromatic N) is 3. The molecule has 0 aliphatic carbocycles. The Morgan fingerprint density at radius 2 is 2.12 bits per heavy atom. The largest absolute Gasteiger partial charge is 0.481 e. The number of hydrogen-bond donors (Lipinski definition) is 0. The van der Waals surface area contributed by atoms with Crippen molar-refractivity contribution in [2.45, 2.75) is 45.6 Å². The molecule has 0 unspecified atom stereocenters. The Labute approximate surface area is 150 Å². The molecule has 0 N–H and O–H groups in total. The smallest absolute Gasteiger partial charge is 0.213 e. The second kappa shape index (κ2) is 6.87. The zero-order chi connectivity index (χ0) is 18.0. The van der Waals surface area contributed by atoms with Crippen LogP contribution >= 0.6 is 0 Å². The van der Waals surface area contributed by atoms with Crippen LogP contribution in [0.15, 0.2) is 41.5 Å². The Morgan fingerprint density at radius 3 is 2.76 bits per heavy atom. The zero-order valence-corrected chi connectivity index (χ0v) is 15.8. The van der Waals surface area contributed by atoms with Crippen LogP contribution in [0.5, 0.6) is 5.88 Å². The lowest BCUT2D eigenvalue weighted by Crippen LogP contribution is -2.48. The van der Waals surface area contributed by atoms with Crippen LogP contribution in [0.4, 0.5) is 11.4 Å². The van der Waals surface area contributed by atoms with E-state index in [1.54, 1.807) is 13.3 Å². The van der Waals surface area contributed by atoms with Gasteiger partial charge < -0.3 is 9.64 Å². The molecule has 0 amide bonds. The highest BCUT2D eigenvalue weighted by molar-refractivity contribution is 5.83. The number of rotatable bonds is 4. The van der Waals surface area contributed by atoms with Crippen LogP contribution in [0, 0.1) is 0 Å². The Kier molecular flexibility index (Phi) is 4.80. The molecular formula is C21H27N3O. The first-order valence-electron chi connectivity index (χ1n) is 8.90. The number of benzene rings is 1. The molecule has 0 radical (unpaired) electrons. The Balaban J connectivity index is 1.87. The lowest BCUT2D eigenvalue weighted by molar-refractivity contribution is 0.381. The van der Waals surface area contributed by atoms with Gasteiger partial charge in [-0.3, -0.25) is 4.99 Å². The number of ether oxygens (including phenoxy) is 1. The fourth-order valence-corrected chi connectivity index (χ4v) is 3.91. The maximum absolute atomic E-state index is 5.08. The standard InChI is InChI=1S/C21H27N3O/c1-6-24-19-9-7-16(11-18(19)15(2)12-21(24,3)4)13-22-17-8-10-20(25-5)23-14-17/h7-11,13-15H,6,12H2,1-5H3/t15-/m1/s1. The predicted octanol–water partition coefficient (Wildman–Crippen LogP) is 4.95. The molecule has 1 aromatic heterocycles. The summed E-state index contributed by atoms with van der Waals surface area (Å²) in [6.07, 6.45) is 4.79. The summed E-state index contributed by atoms with van der Waals surface area (Å²) < 4.78 is 5.08. The van der Waals surface area contributed by atoms with Crippen molar-refractivity contribution in [3.63, 3.8) is 0 Å². The van der Waals surface area contributed by atoms with Gasteiger partial charge in [0.05, 0.1) is 19.0 Å². The van der Waals surface area contributed by atoms with E-state index in [1.807, 2.05) is 18.3 Å². The highest BCUT2D eigenvalue weighted by Crippen LogP contribution is 2.43. The Hall–Kier alpha value is -2.36. The molecule has 2 heterocycles. The first-order valence-corrected chi connectivity index (χ1v) is 8.90. The van der Waals surface area contributed by atoms with Gasteiger partial charge in [0.25, 0.3) is 0 Å². The lowest BCUT2D eigenvalue weighted by atomic mass is 9.79. The summed E-state index contributed by atoms with van der Waals surface area (Å²) in [7, 11) is 1.61. The summed E-state index contributed by atoms with van der Waals surface area (Å²) in [4.78, 5) is 11.2. The average molecular weight is 337 g/mol. The second-order valence-corrected chi connectivity index (χ2v) is 7.30. The van der Waals surface area contributed by atoms with Crippen molar-refractivity contribution in [2.75, 3.05) is 18.6 Å². The first-order chi connectivity index (χ1) is 11.9. The molecule has 25 heavy (non-hydrogen) atoms. The van der Waals surface area contributed by atoms with Crippen LogP contribution in [-0.2, 0) is 0 Å². The average Bonchev–Trinajstić information content (AvgIpc) is 2.60. The van der Waals surface area contributed by atoms with Gasteiger partial charge in [-0.15, -0.1) is 0 Å². The molecule has 1 aliphatic heterocycles. The summed E-state index contributed by atoms with van der Waals surface area (Å²) in [6.45, 7) is 10.2. The number of aromatic nitrogens is 1. The highest BCUT2D eigenvalue weighted by atomic mass is 16.5. The van der Waals surface area contributed by atoms with E-state index in [9.17, 15) is 0 Å². The minimum Gasteiger partial charge on any atom is -0.481 e. The summed E-state index contributed by atoms with van der Waals surface area (Å²) in [5.74, 6) is 1.15. The van der Waals surface area contributed by atoms with E-state index in [0.29, 0.717) is 11.8 Å². The quantitative estimate of drug-likeness (QED) is 0.741. The van der Waals surface area contributed by atoms with Gasteiger partial charge in [-0.1, -0.05) is 13.0 Å². The molecule has 1 aromatic carbocycles. The zero-order valence-electron chi connectivity index (χ0n) is 15.8. The fourth-order valence-electron chi connectivity index (χ4n) is 3.91. The number of aliphatic imine (C=N–C) groups is 1. The van der Waals surface area contributed by atoms with Crippen LogP contribution < -0.4 is 9.64 Å². The number of hydrogen-bond acceptors (Lipinski definition) is 4. The molecule has 1 atom stereocenters. The van der Waals surface area contributed by atoms with Gasteiger partial charge in [0.2, 0.25) is 5.88 Å². The van der Waals surface area contributed by atoms with Crippen LogP contribution in [0.2, 0.25) is 0 Å². The number of pyridine rings is 1. The number of methoxy groups -OCH3 is 1. The van der Waals surface area contributed by atoms with Crippen molar-refractivity contribution in [3.05, 3.63) is 47.7 Å². The molecule has 4 nitrogen and oxygen atoms in total. The predicted molar refractivity (Wildman–Crippen MR) is 105 cm³/mol. The minimum atomic E-state index is 0.200. The van der Waals surface area contributed by atoms with Crippen molar-refractivity contribution < 1.29 is 4.74 Å². The van der Waals surface area contributed by atoms with E-state index in [4.69, 9.17) is 4.74 Å². The molecule has 0 bridgehead atoms. The highest BCUT2D eigenvalue weighted by Gasteiger charge is 2.35. The van der Waals surface area contributed by atoms with E-state index in [0.717, 1.165) is 24.2 Å². The van der Waals surface area contributed by atoms with Crippen LogP contribution in [-0.4, -0.2) is 30.4 Å². The van der Waals surface area contributed by atoms with E-state index in [-0.39, 0.29) is 5.54 Å². The lowest BCUT2D eigenvalue weighted by Gasteiger charge is -2.47. The second-order valence-electron chi connectivity index (χ2n) is 7.30. The molecule has 0 saturated heterocycles. The Morgan fingerprint density at radius 1 is 1.32 bits per heavy atom. The molecule has 0 saturated carbocycles. The summed E-state index contributed by atoms with van der Waals surface area (Å²) in [6, 6.07) is 10.4. The molecule has 132 valence electrons. The number of fused-ring (bicyclic) bond motifs is 1. The summed E-state index contributed by atoms with van der Waals surface area (Å²) >= 11 is 0. The van der Waals surface area contributed by atoms with Crippen LogP contribution in [0.3, 0.4) is 0 Å². The molecule has 1 aliphatic rings. The number of anilines is 1. The van der Waals surface area contributed by atoms with Crippen molar-refractivity contribution in [3.8, 4) is 5.88 Å². The third-order valence-corrected chi connectivity index (χ3v) is 5.02. The third kappa shape index (κ3) is 3.53. The van der Waals surface area contributed by atoms with Crippen LogP contribution in [0.1, 0.15) is 51.2 Å². The van der Waals surface area contributed by atoms with Gasteiger partial charge in [0.15, 0.2) is 0 Å². The van der Waals surface area contributed by atoms with Crippen molar-refractivity contribution in [1.82, 2.24) is 4.98 Å². The van der Waals surface area contributed by atoms with E-state index in [1.165, 1.54) is 11.3 Å². The van der Waals surface area contributed by atoms with Gasteiger partial charge >= 0.3 is 0 Å². The topological polar surface area (TPSA) is 37.7 Å². The maximum Gasteiger partial charge on any atom is 0.213 e. The van der Waals surface area contributed by atoms with Gasteiger partial charge in [-0.05, 0) is 62.4 Å². The van der Waals surface area contributed by atoms with E-state index in [2.05, 4.69) is 60.8 Å². The normalized spacial score (nSPS) is 19.1. The molecule has 3 rings (SSSR count). The molecule has 0 spiro atoms. The monoisotopic (exact) mass is 337 g/mol. The van der Waals surface area contributed by atoms with Gasteiger partial charge in [0.1, 0.15) is 0 Å². The van der Waals surface area contributed by atoms with E-state index >= 15 is 0 Å². The van der Waals surface area contributed by atoms with Gasteiger partial charge in [-0.2, -0.15) is 0 Å². The fraction of sp³-hybridized carbons (Fsp3) is 0.429. The Bertz CT molecular complexity index is 765. The van der Waals surface area contributed by atoms with E-state index < -0.39 is 0 Å². The van der Waals surface area contributed by atoms with Gasteiger partial charge in [0, 0.05) is 30.1 Å². The summed E-state index contributed by atoms with van der Waals surface area (Å²) in [5, 5.41) is 0. The first kappa shape index (κ1) is 17.5. The minimum absolute atomic E-state index is 0.200. The van der Waals surface area contributed by atoms with Gasteiger partial charge in [-0.25, -0.2) is 4.98 Å². The maximum atomic E-state index is 5.08. The molecule has 2 aromatic rings. The molecule has 0 fully saturated rings. The van der Waals surface area contributed by atoms with Crippen molar-refractivity contribution >= 4 is 17.6 Å². The van der Waals surface area contributed by atoms with Crippen molar-refractivity contribution in [2.24, 2.45) is 4.99 Å². The molecule has 4 heteroatoms. The van der Waals surface area contributed by atoms with Crippen LogP contribution in [0.25, 0.3) is 0 Å². The summed E-state index contributed by atoms with van der Waals surface area (Å²) in [5.41, 5.74) is 4.92. The SMILES string of the molecule is CCN1c2ccc(C=Nc3ccc(OC)nc3)cc2[C@H](C)CC1(C)C. The molecular weight excluding hydrogens is 310 g/mol. The van der Waals surface area contributed by atoms with Crippen molar-refractivity contribution in [1.29, 1.82) is 0 Å². The third-order valence-electron chi connectivity index (χ3n) is 5.02.